The molecule has 0 N–H and O–H groups in total. The van der Waals surface area contributed by atoms with Gasteiger partial charge in [-0.1, -0.05) is 167 Å². The molecular formula is C58H46N2. The molecule has 9 aromatic carbocycles. The molecule has 0 aromatic heterocycles. The van der Waals surface area contributed by atoms with E-state index in [1.807, 2.05) is 0 Å². The molecule has 0 radical (unpaired) electrons. The van der Waals surface area contributed by atoms with Crippen LogP contribution in [-0.4, -0.2) is 0 Å². The third-order valence-electron chi connectivity index (χ3n) is 13.3. The molecule has 0 aliphatic heterocycles. The van der Waals surface area contributed by atoms with Crippen LogP contribution in [0.5, 0.6) is 0 Å². The maximum Gasteiger partial charge on any atom is 0.0540 e. The molecule has 0 spiro atoms. The summed E-state index contributed by atoms with van der Waals surface area (Å²) in [6.07, 6.45) is 0. The zero-order valence-corrected chi connectivity index (χ0v) is 34.5. The lowest BCUT2D eigenvalue weighted by Gasteiger charge is -2.29. The van der Waals surface area contributed by atoms with Crippen LogP contribution in [0.3, 0.4) is 0 Å². The second kappa shape index (κ2) is 13.7. The number of fused-ring (bicyclic) bond motifs is 7. The summed E-state index contributed by atoms with van der Waals surface area (Å²) in [6, 6.07) is 75.9. The van der Waals surface area contributed by atoms with E-state index in [-0.39, 0.29) is 10.8 Å². The minimum absolute atomic E-state index is 0.0829. The number of hydrogen-bond acceptors (Lipinski definition) is 2. The predicted molar refractivity (Wildman–Crippen MR) is 254 cm³/mol. The minimum Gasteiger partial charge on any atom is -0.310 e. The van der Waals surface area contributed by atoms with Crippen LogP contribution in [0, 0.1) is 0 Å². The van der Waals surface area contributed by atoms with Crippen molar-refractivity contribution >= 4 is 44.9 Å². The maximum absolute atomic E-state index is 2.43. The Hall–Kier alpha value is -7.16. The average Bonchev–Trinajstić information content (AvgIpc) is 3.66. The highest BCUT2D eigenvalue weighted by molar-refractivity contribution is 6.06. The van der Waals surface area contributed by atoms with Gasteiger partial charge in [0.15, 0.2) is 0 Å². The van der Waals surface area contributed by atoms with Gasteiger partial charge >= 0.3 is 0 Å². The van der Waals surface area contributed by atoms with E-state index >= 15 is 0 Å². The maximum atomic E-state index is 2.43. The molecule has 0 atom stereocenters. The standard InChI is InChI=1S/C58H46N2/c1-57(2)52-25-15-13-22-47(52)49-33-31-43(37-54(49)57)59(40-17-7-5-8-18-40)42-29-27-39(28-30-42)45-35-36-56(51-24-12-11-21-46(45)51)60(41-19-9-6-10-20-41)44-32-34-50-48-23-14-16-26-53(48)58(3,4)55(50)38-44/h5-38H,1-4H3. The lowest BCUT2D eigenvalue weighted by molar-refractivity contribution is 0.660. The van der Waals surface area contributed by atoms with E-state index in [9.17, 15) is 0 Å². The topological polar surface area (TPSA) is 6.48 Å². The average molecular weight is 771 g/mol. The smallest absolute Gasteiger partial charge is 0.0540 e. The Morgan fingerprint density at radius 1 is 0.283 bits per heavy atom. The zero-order valence-electron chi connectivity index (χ0n) is 34.5. The van der Waals surface area contributed by atoms with Crippen molar-refractivity contribution in [1.82, 2.24) is 0 Å². The quantitative estimate of drug-likeness (QED) is 0.159. The first kappa shape index (κ1) is 36.0. The Bertz CT molecular complexity index is 3090. The number of para-hydroxylation sites is 2. The summed E-state index contributed by atoms with van der Waals surface area (Å²) in [5.41, 5.74) is 19.9. The highest BCUT2D eigenvalue weighted by Gasteiger charge is 2.37. The van der Waals surface area contributed by atoms with Gasteiger partial charge < -0.3 is 9.80 Å². The SMILES string of the molecule is CC1(C)c2ccccc2-c2ccc(N(c3ccccc3)c3ccc(-c4ccc(N(c5ccccc5)c5ccc6c(c5)C(C)(C)c5ccccc5-6)c5ccccc45)cc3)cc21. The van der Waals surface area contributed by atoms with Gasteiger partial charge in [-0.15, -0.1) is 0 Å². The lowest BCUT2D eigenvalue weighted by atomic mass is 9.82. The molecule has 0 saturated carbocycles. The molecule has 11 rings (SSSR count). The van der Waals surface area contributed by atoms with Crippen LogP contribution >= 0.6 is 0 Å². The van der Waals surface area contributed by atoms with Crippen LogP contribution in [0.15, 0.2) is 206 Å². The molecule has 2 nitrogen and oxygen atoms in total. The Morgan fingerprint density at radius 3 is 1.25 bits per heavy atom. The summed E-state index contributed by atoms with van der Waals surface area (Å²) in [6.45, 7) is 9.41. The molecule has 2 aliphatic carbocycles. The van der Waals surface area contributed by atoms with Crippen molar-refractivity contribution in [3.8, 4) is 33.4 Å². The monoisotopic (exact) mass is 770 g/mol. The number of hydrogen-bond donors (Lipinski definition) is 0. The van der Waals surface area contributed by atoms with Crippen molar-refractivity contribution in [3.63, 3.8) is 0 Å². The minimum atomic E-state index is -0.0958. The van der Waals surface area contributed by atoms with Crippen molar-refractivity contribution in [2.75, 3.05) is 9.80 Å². The summed E-state index contributed by atoms with van der Waals surface area (Å²) in [5.74, 6) is 0. The van der Waals surface area contributed by atoms with Crippen molar-refractivity contribution in [3.05, 3.63) is 229 Å². The van der Waals surface area contributed by atoms with Gasteiger partial charge in [-0.3, -0.25) is 0 Å². The third-order valence-corrected chi connectivity index (χ3v) is 13.3. The second-order valence-corrected chi connectivity index (χ2v) is 17.4. The molecule has 0 bridgehead atoms. The third kappa shape index (κ3) is 5.55. The van der Waals surface area contributed by atoms with E-state index in [4.69, 9.17) is 0 Å². The van der Waals surface area contributed by atoms with Crippen LogP contribution in [0.2, 0.25) is 0 Å². The highest BCUT2D eigenvalue weighted by atomic mass is 15.1. The highest BCUT2D eigenvalue weighted by Crippen LogP contribution is 2.53. The molecule has 0 heterocycles. The van der Waals surface area contributed by atoms with Gasteiger partial charge in [0.05, 0.1) is 5.69 Å². The number of anilines is 6. The van der Waals surface area contributed by atoms with Gasteiger partial charge in [-0.05, 0) is 128 Å². The summed E-state index contributed by atoms with van der Waals surface area (Å²) in [4.78, 5) is 4.82. The van der Waals surface area contributed by atoms with Crippen LogP contribution in [0.4, 0.5) is 34.1 Å². The molecular weight excluding hydrogens is 725 g/mol. The van der Waals surface area contributed by atoms with Gasteiger partial charge in [-0.2, -0.15) is 0 Å². The first-order valence-electron chi connectivity index (χ1n) is 21.1. The van der Waals surface area contributed by atoms with Gasteiger partial charge in [0.2, 0.25) is 0 Å². The molecule has 60 heavy (non-hydrogen) atoms. The number of nitrogens with zero attached hydrogens (tertiary/aromatic N) is 2. The van der Waals surface area contributed by atoms with Crippen LogP contribution in [-0.2, 0) is 10.8 Å². The van der Waals surface area contributed by atoms with E-state index < -0.39 is 0 Å². The Morgan fingerprint density at radius 2 is 0.683 bits per heavy atom. The summed E-state index contributed by atoms with van der Waals surface area (Å²) in [7, 11) is 0. The first-order valence-corrected chi connectivity index (χ1v) is 21.1. The van der Waals surface area contributed by atoms with E-state index in [2.05, 4.69) is 244 Å². The van der Waals surface area contributed by atoms with Crippen molar-refractivity contribution in [2.45, 2.75) is 38.5 Å². The Balaban J connectivity index is 0.999. The molecule has 0 saturated heterocycles. The fraction of sp³-hybridized carbons (Fsp3) is 0.103. The van der Waals surface area contributed by atoms with Crippen LogP contribution < -0.4 is 9.80 Å². The molecule has 0 fully saturated rings. The van der Waals surface area contributed by atoms with E-state index in [0.717, 1.165) is 34.1 Å². The second-order valence-electron chi connectivity index (χ2n) is 17.4. The van der Waals surface area contributed by atoms with Crippen LogP contribution in [0.1, 0.15) is 49.9 Å². The largest absolute Gasteiger partial charge is 0.310 e. The predicted octanol–water partition coefficient (Wildman–Crippen LogP) is 16.1. The molecule has 0 unspecified atom stereocenters. The van der Waals surface area contributed by atoms with E-state index in [1.54, 1.807) is 0 Å². The number of benzene rings is 9. The summed E-state index contributed by atoms with van der Waals surface area (Å²) in [5, 5.41) is 2.43. The Kier molecular flexibility index (Phi) is 8.22. The summed E-state index contributed by atoms with van der Waals surface area (Å²) < 4.78 is 0. The van der Waals surface area contributed by atoms with E-state index in [0.29, 0.717) is 0 Å². The molecule has 9 aromatic rings. The van der Waals surface area contributed by atoms with E-state index in [1.165, 1.54) is 66.4 Å². The normalized spacial score (nSPS) is 13.9. The van der Waals surface area contributed by atoms with Crippen molar-refractivity contribution in [2.24, 2.45) is 0 Å². The van der Waals surface area contributed by atoms with Gasteiger partial charge in [0, 0.05) is 44.7 Å². The first-order chi connectivity index (χ1) is 29.3. The molecule has 288 valence electrons. The molecule has 2 heteroatoms. The van der Waals surface area contributed by atoms with Crippen molar-refractivity contribution in [1.29, 1.82) is 0 Å². The van der Waals surface area contributed by atoms with Gasteiger partial charge in [-0.25, -0.2) is 0 Å². The fourth-order valence-corrected chi connectivity index (χ4v) is 10.2. The zero-order chi connectivity index (χ0) is 40.6. The summed E-state index contributed by atoms with van der Waals surface area (Å²) >= 11 is 0. The van der Waals surface area contributed by atoms with Crippen LogP contribution in [0.25, 0.3) is 44.2 Å². The molecule has 2 aliphatic rings. The fourth-order valence-electron chi connectivity index (χ4n) is 10.2. The van der Waals surface area contributed by atoms with Gasteiger partial charge in [0.25, 0.3) is 0 Å². The lowest BCUT2D eigenvalue weighted by Crippen LogP contribution is -2.16. The molecule has 0 amide bonds. The van der Waals surface area contributed by atoms with Gasteiger partial charge in [0.1, 0.15) is 0 Å². The van der Waals surface area contributed by atoms with Crippen molar-refractivity contribution < 1.29 is 0 Å². The number of rotatable bonds is 7. The Labute approximate surface area is 353 Å².